The lowest BCUT2D eigenvalue weighted by Crippen LogP contribution is -1.96. The van der Waals surface area contributed by atoms with E-state index in [-0.39, 0.29) is 0 Å². The van der Waals surface area contributed by atoms with Gasteiger partial charge in [0.05, 0.1) is 6.61 Å². The van der Waals surface area contributed by atoms with E-state index in [9.17, 15) is 0 Å². The van der Waals surface area contributed by atoms with Crippen LogP contribution >= 0.6 is 11.6 Å². The van der Waals surface area contributed by atoms with Gasteiger partial charge in [0.2, 0.25) is 0 Å². The number of rotatable bonds is 7. The van der Waals surface area contributed by atoms with Crippen LogP contribution in [-0.4, -0.2) is 12.5 Å². The van der Waals surface area contributed by atoms with Crippen molar-refractivity contribution in [3.8, 4) is 5.75 Å². The molecular formula is C12H16ClO. The molecule has 1 nitrogen and oxygen atoms in total. The maximum absolute atomic E-state index is 5.57. The second kappa shape index (κ2) is 7.69. The molecule has 0 aromatic heterocycles. The van der Waals surface area contributed by atoms with E-state index in [1.165, 1.54) is 12.8 Å². The summed E-state index contributed by atoms with van der Waals surface area (Å²) in [5.74, 6) is 1.68. The van der Waals surface area contributed by atoms with Crippen molar-refractivity contribution in [2.45, 2.75) is 25.7 Å². The lowest BCUT2D eigenvalue weighted by molar-refractivity contribution is 0.305. The van der Waals surface area contributed by atoms with Crippen LogP contribution in [0.4, 0.5) is 0 Å². The summed E-state index contributed by atoms with van der Waals surface area (Å²) in [5, 5.41) is 0. The number of benzene rings is 1. The van der Waals surface area contributed by atoms with Crippen LogP contribution in [0, 0.1) is 6.07 Å². The lowest BCUT2D eigenvalue weighted by Gasteiger charge is -2.04. The van der Waals surface area contributed by atoms with Crippen molar-refractivity contribution >= 4 is 11.6 Å². The summed E-state index contributed by atoms with van der Waals surface area (Å²) in [5.41, 5.74) is 0. The SMILES string of the molecule is ClCCCCCCOc1c[c]ccc1. The Bertz CT molecular complexity index is 223. The molecule has 77 valence electrons. The fraction of sp³-hybridized carbons (Fsp3) is 0.500. The second-order valence-corrected chi connectivity index (χ2v) is 3.57. The molecule has 0 atom stereocenters. The fourth-order valence-corrected chi connectivity index (χ4v) is 1.40. The van der Waals surface area contributed by atoms with Crippen molar-refractivity contribution < 1.29 is 4.74 Å². The minimum absolute atomic E-state index is 0.772. The Hall–Kier alpha value is -0.690. The molecule has 0 aliphatic rings. The normalized spacial score (nSPS) is 10.1. The molecule has 0 bridgehead atoms. The van der Waals surface area contributed by atoms with E-state index in [4.69, 9.17) is 16.3 Å². The lowest BCUT2D eigenvalue weighted by atomic mass is 10.2. The van der Waals surface area contributed by atoms with Crippen molar-refractivity contribution in [3.63, 3.8) is 0 Å². The van der Waals surface area contributed by atoms with Gasteiger partial charge in [-0.05, 0) is 31.0 Å². The molecule has 0 saturated heterocycles. The minimum atomic E-state index is 0.772. The van der Waals surface area contributed by atoms with Gasteiger partial charge in [0.25, 0.3) is 0 Å². The van der Waals surface area contributed by atoms with Crippen LogP contribution in [-0.2, 0) is 0 Å². The van der Waals surface area contributed by atoms with Crippen LogP contribution in [0.25, 0.3) is 0 Å². The van der Waals surface area contributed by atoms with Crippen molar-refractivity contribution in [1.82, 2.24) is 0 Å². The highest BCUT2D eigenvalue weighted by Crippen LogP contribution is 2.09. The second-order valence-electron chi connectivity index (χ2n) is 3.19. The first-order valence-corrected chi connectivity index (χ1v) is 5.62. The summed E-state index contributed by atoms with van der Waals surface area (Å²) in [7, 11) is 0. The van der Waals surface area contributed by atoms with Crippen molar-refractivity contribution in [1.29, 1.82) is 0 Å². The van der Waals surface area contributed by atoms with Gasteiger partial charge in [-0.3, -0.25) is 0 Å². The van der Waals surface area contributed by atoms with Gasteiger partial charge >= 0.3 is 0 Å². The monoisotopic (exact) mass is 211 g/mol. The molecule has 0 aliphatic heterocycles. The Labute approximate surface area is 91.0 Å². The predicted octanol–water partition coefficient (Wildman–Crippen LogP) is 3.66. The first-order valence-electron chi connectivity index (χ1n) is 5.08. The molecule has 0 spiro atoms. The Balaban J connectivity index is 1.99. The van der Waals surface area contributed by atoms with E-state index in [2.05, 4.69) is 6.07 Å². The summed E-state index contributed by atoms with van der Waals surface area (Å²) >= 11 is 5.57. The third kappa shape index (κ3) is 5.13. The average molecular weight is 212 g/mol. The summed E-state index contributed by atoms with van der Waals surface area (Å²) < 4.78 is 5.52. The summed E-state index contributed by atoms with van der Waals surface area (Å²) in [6.07, 6.45) is 4.61. The van der Waals surface area contributed by atoms with Gasteiger partial charge in [-0.25, -0.2) is 0 Å². The highest BCUT2D eigenvalue weighted by Gasteiger charge is 1.92. The third-order valence-corrected chi connectivity index (χ3v) is 2.24. The molecule has 0 unspecified atom stereocenters. The fourth-order valence-electron chi connectivity index (χ4n) is 1.21. The zero-order valence-electron chi connectivity index (χ0n) is 8.34. The highest BCUT2D eigenvalue weighted by molar-refractivity contribution is 6.17. The van der Waals surface area contributed by atoms with Crippen LogP contribution < -0.4 is 4.74 Å². The van der Waals surface area contributed by atoms with Gasteiger partial charge in [-0.15, -0.1) is 11.6 Å². The van der Waals surface area contributed by atoms with E-state index in [0.717, 1.165) is 31.1 Å². The van der Waals surface area contributed by atoms with E-state index in [0.29, 0.717) is 0 Å². The van der Waals surface area contributed by atoms with Crippen LogP contribution in [0.1, 0.15) is 25.7 Å². The quantitative estimate of drug-likeness (QED) is 0.494. The van der Waals surface area contributed by atoms with Gasteiger partial charge < -0.3 is 4.74 Å². The van der Waals surface area contributed by atoms with Crippen molar-refractivity contribution in [2.24, 2.45) is 0 Å². The van der Waals surface area contributed by atoms with E-state index in [1.54, 1.807) is 0 Å². The molecule has 2 heteroatoms. The van der Waals surface area contributed by atoms with E-state index >= 15 is 0 Å². The van der Waals surface area contributed by atoms with Gasteiger partial charge in [0.1, 0.15) is 5.75 Å². The van der Waals surface area contributed by atoms with Crippen molar-refractivity contribution in [3.05, 3.63) is 30.3 Å². The third-order valence-electron chi connectivity index (χ3n) is 1.98. The minimum Gasteiger partial charge on any atom is -0.494 e. The molecule has 0 heterocycles. The summed E-state index contributed by atoms with van der Waals surface area (Å²) in [6, 6.07) is 10.6. The number of alkyl halides is 1. The molecule has 0 amide bonds. The highest BCUT2D eigenvalue weighted by atomic mass is 35.5. The van der Waals surface area contributed by atoms with E-state index < -0.39 is 0 Å². The molecule has 1 radical (unpaired) electrons. The molecule has 14 heavy (non-hydrogen) atoms. The van der Waals surface area contributed by atoms with Gasteiger partial charge in [0, 0.05) is 5.88 Å². The maximum Gasteiger partial charge on any atom is 0.119 e. The van der Waals surface area contributed by atoms with Crippen molar-refractivity contribution in [2.75, 3.05) is 12.5 Å². The van der Waals surface area contributed by atoms with Gasteiger partial charge in [0.15, 0.2) is 0 Å². The van der Waals surface area contributed by atoms with Gasteiger partial charge in [-0.1, -0.05) is 25.0 Å². The van der Waals surface area contributed by atoms with Gasteiger partial charge in [-0.2, -0.15) is 0 Å². The number of hydrogen-bond donors (Lipinski definition) is 0. The molecule has 1 aromatic rings. The molecule has 1 rings (SSSR count). The Morgan fingerprint density at radius 1 is 1.21 bits per heavy atom. The Kier molecular flexibility index (Phi) is 6.25. The van der Waals surface area contributed by atoms with E-state index in [1.807, 2.05) is 24.3 Å². The molecule has 0 aliphatic carbocycles. The molecule has 0 N–H and O–H groups in total. The zero-order valence-corrected chi connectivity index (χ0v) is 9.09. The van der Waals surface area contributed by atoms with Crippen LogP contribution in [0.15, 0.2) is 24.3 Å². The maximum atomic E-state index is 5.57. The predicted molar refractivity (Wildman–Crippen MR) is 60.0 cm³/mol. The standard InChI is InChI=1S/C12H16ClO/c13-10-6-1-2-7-11-14-12-8-4-3-5-9-12/h3-4,8-9H,1-2,6-7,10-11H2. The molecular weight excluding hydrogens is 196 g/mol. The smallest absolute Gasteiger partial charge is 0.119 e. The summed E-state index contributed by atoms with van der Waals surface area (Å²) in [6.45, 7) is 0.792. The largest absolute Gasteiger partial charge is 0.494 e. The topological polar surface area (TPSA) is 9.23 Å². The van der Waals surface area contributed by atoms with Crippen LogP contribution in [0.5, 0.6) is 5.75 Å². The summed E-state index contributed by atoms with van der Waals surface area (Å²) in [4.78, 5) is 0. The number of halogens is 1. The molecule has 0 saturated carbocycles. The Morgan fingerprint density at radius 2 is 2.07 bits per heavy atom. The zero-order chi connectivity index (χ0) is 10.1. The first kappa shape index (κ1) is 11.4. The average Bonchev–Trinajstić information content (AvgIpc) is 2.25. The number of ether oxygens (including phenoxy) is 1. The van der Waals surface area contributed by atoms with Crippen LogP contribution in [0.2, 0.25) is 0 Å². The van der Waals surface area contributed by atoms with Crippen LogP contribution in [0.3, 0.4) is 0 Å². The molecule has 1 aromatic carbocycles. The Morgan fingerprint density at radius 3 is 2.79 bits per heavy atom. The number of hydrogen-bond acceptors (Lipinski definition) is 1. The first-order chi connectivity index (χ1) is 6.93. The number of unbranched alkanes of at least 4 members (excludes halogenated alkanes) is 3. The molecule has 0 fully saturated rings.